The minimum absolute atomic E-state index is 0.222. The zero-order chi connectivity index (χ0) is 18.0. The first-order valence-corrected chi connectivity index (χ1v) is 11.2. The SMILES string of the molecule is CCC(=O)O.CCO[Si](CCC1CCC2OC2C1)(OCC)OCC. The molecule has 7 heteroatoms. The molecule has 1 saturated carbocycles. The Bertz CT molecular complexity index is 348. The molecule has 0 radical (unpaired) electrons. The molecule has 3 atom stereocenters. The Morgan fingerprint density at radius 2 is 1.58 bits per heavy atom. The van der Waals surface area contributed by atoms with Gasteiger partial charge >= 0.3 is 14.8 Å². The number of hydrogen-bond acceptors (Lipinski definition) is 5. The van der Waals surface area contributed by atoms with E-state index in [0.29, 0.717) is 32.0 Å². The highest BCUT2D eigenvalue weighted by Crippen LogP contribution is 2.41. The smallest absolute Gasteiger partial charge is 0.481 e. The fraction of sp³-hybridized carbons (Fsp3) is 0.941. The van der Waals surface area contributed by atoms with E-state index in [9.17, 15) is 4.79 Å². The fourth-order valence-electron chi connectivity index (χ4n) is 3.13. The summed E-state index contributed by atoms with van der Waals surface area (Å²) in [7, 11) is -2.43. The van der Waals surface area contributed by atoms with Crippen LogP contribution in [0, 0.1) is 5.92 Å². The summed E-state index contributed by atoms with van der Waals surface area (Å²) in [6.07, 6.45) is 6.26. The van der Waals surface area contributed by atoms with Crippen molar-refractivity contribution in [3.05, 3.63) is 0 Å². The molecule has 1 N–H and O–H groups in total. The van der Waals surface area contributed by atoms with Crippen LogP contribution in [-0.2, 0) is 22.8 Å². The number of rotatable bonds is 10. The lowest BCUT2D eigenvalue weighted by Crippen LogP contribution is -2.46. The molecule has 3 unspecified atom stereocenters. The summed E-state index contributed by atoms with van der Waals surface area (Å²) < 4.78 is 23.3. The van der Waals surface area contributed by atoms with Gasteiger partial charge in [0.1, 0.15) is 0 Å². The number of aliphatic carboxylic acids is 1. The van der Waals surface area contributed by atoms with Crippen molar-refractivity contribution in [1.82, 2.24) is 0 Å². The Balaban J connectivity index is 0.000000505. The van der Waals surface area contributed by atoms with Crippen molar-refractivity contribution in [1.29, 1.82) is 0 Å². The van der Waals surface area contributed by atoms with Gasteiger partial charge in [0.15, 0.2) is 0 Å². The van der Waals surface area contributed by atoms with Crippen LogP contribution in [0.5, 0.6) is 0 Å². The predicted octanol–water partition coefficient (Wildman–Crippen LogP) is 3.47. The molecule has 1 aliphatic heterocycles. The van der Waals surface area contributed by atoms with E-state index in [1.54, 1.807) is 6.92 Å². The number of carboxylic acids is 1. The van der Waals surface area contributed by atoms with Crippen molar-refractivity contribution < 1.29 is 27.9 Å². The molecule has 2 aliphatic rings. The zero-order valence-electron chi connectivity index (χ0n) is 15.6. The number of carboxylic acid groups (broad SMARTS) is 1. The third kappa shape index (κ3) is 7.61. The van der Waals surface area contributed by atoms with Crippen molar-refractivity contribution >= 4 is 14.8 Å². The molecule has 6 nitrogen and oxygen atoms in total. The molecule has 0 aromatic carbocycles. The standard InChI is InChI=1S/C14H28O4Si.C3H6O2/c1-4-15-19(16-5-2,17-6-3)10-9-12-7-8-13-14(11-12)18-13;1-2-3(4)5/h12-14H,4-11H2,1-3H3;2H2,1H3,(H,4,5). The monoisotopic (exact) mass is 362 g/mol. The normalized spacial score (nSPS) is 25.4. The van der Waals surface area contributed by atoms with Gasteiger partial charge in [0.25, 0.3) is 0 Å². The van der Waals surface area contributed by atoms with Gasteiger partial charge in [-0.15, -0.1) is 0 Å². The number of epoxide rings is 1. The second kappa shape index (κ2) is 11.2. The van der Waals surface area contributed by atoms with Gasteiger partial charge in [0.2, 0.25) is 0 Å². The van der Waals surface area contributed by atoms with Crippen molar-refractivity contribution in [3.63, 3.8) is 0 Å². The highest BCUT2D eigenvalue weighted by molar-refractivity contribution is 6.60. The van der Waals surface area contributed by atoms with Crippen LogP contribution >= 0.6 is 0 Å². The predicted molar refractivity (Wildman–Crippen MR) is 94.0 cm³/mol. The van der Waals surface area contributed by atoms with Gasteiger partial charge in [-0.05, 0) is 52.4 Å². The molecule has 24 heavy (non-hydrogen) atoms. The second-order valence-electron chi connectivity index (χ2n) is 6.16. The van der Waals surface area contributed by atoms with Crippen LogP contribution in [0.25, 0.3) is 0 Å². The van der Waals surface area contributed by atoms with Gasteiger partial charge < -0.3 is 23.1 Å². The topological polar surface area (TPSA) is 77.5 Å². The quantitative estimate of drug-likeness (QED) is 0.473. The molecule has 1 aliphatic carbocycles. The van der Waals surface area contributed by atoms with E-state index < -0.39 is 14.8 Å². The Morgan fingerprint density at radius 1 is 1.04 bits per heavy atom. The number of fused-ring (bicyclic) bond motifs is 1. The number of carbonyl (C=O) groups is 1. The highest BCUT2D eigenvalue weighted by atomic mass is 28.4. The summed E-state index contributed by atoms with van der Waals surface area (Å²) in [4.78, 5) is 9.37. The van der Waals surface area contributed by atoms with E-state index in [1.807, 2.05) is 20.8 Å². The first kappa shape index (κ1) is 21.6. The zero-order valence-corrected chi connectivity index (χ0v) is 16.6. The summed E-state index contributed by atoms with van der Waals surface area (Å²) in [6, 6.07) is 0.949. The maximum absolute atomic E-state index is 9.37. The Labute approximate surface area is 147 Å². The van der Waals surface area contributed by atoms with Gasteiger partial charge in [0.05, 0.1) is 12.2 Å². The second-order valence-corrected chi connectivity index (χ2v) is 8.89. The lowest BCUT2D eigenvalue weighted by molar-refractivity contribution is -0.136. The number of hydrogen-bond donors (Lipinski definition) is 1. The van der Waals surface area contributed by atoms with Crippen LogP contribution in [0.2, 0.25) is 6.04 Å². The first-order chi connectivity index (χ1) is 11.5. The van der Waals surface area contributed by atoms with Crippen LogP contribution in [0.15, 0.2) is 0 Å². The first-order valence-electron chi connectivity index (χ1n) is 9.29. The third-order valence-electron chi connectivity index (χ3n) is 4.37. The number of ether oxygens (including phenoxy) is 1. The summed E-state index contributed by atoms with van der Waals surface area (Å²) in [5.41, 5.74) is 0. The van der Waals surface area contributed by atoms with Gasteiger partial charge in [-0.2, -0.15) is 0 Å². The minimum atomic E-state index is -2.43. The van der Waals surface area contributed by atoms with Crippen molar-refractivity contribution in [2.45, 2.75) is 78.1 Å². The Morgan fingerprint density at radius 3 is 2.00 bits per heavy atom. The maximum atomic E-state index is 9.37. The lowest BCUT2D eigenvalue weighted by Gasteiger charge is -2.30. The average Bonchev–Trinajstić information content (AvgIpc) is 3.33. The molecule has 1 heterocycles. The molecule has 2 rings (SSSR count). The van der Waals surface area contributed by atoms with E-state index >= 15 is 0 Å². The minimum Gasteiger partial charge on any atom is -0.481 e. The van der Waals surface area contributed by atoms with Crippen LogP contribution < -0.4 is 0 Å². The lowest BCUT2D eigenvalue weighted by atomic mass is 9.88. The third-order valence-corrected chi connectivity index (χ3v) is 7.45. The van der Waals surface area contributed by atoms with E-state index in [-0.39, 0.29) is 6.42 Å². The van der Waals surface area contributed by atoms with Gasteiger partial charge in [-0.25, -0.2) is 0 Å². The largest absolute Gasteiger partial charge is 0.500 e. The van der Waals surface area contributed by atoms with E-state index in [4.69, 9.17) is 23.1 Å². The molecule has 0 aromatic heterocycles. The molecule has 0 amide bonds. The highest BCUT2D eigenvalue weighted by Gasteiger charge is 2.46. The Kier molecular flexibility index (Phi) is 10.1. The molecular formula is C17H34O6Si. The van der Waals surface area contributed by atoms with E-state index in [1.165, 1.54) is 19.3 Å². The maximum Gasteiger partial charge on any atom is 0.500 e. The molecule has 0 spiro atoms. The van der Waals surface area contributed by atoms with Crippen LogP contribution in [0.4, 0.5) is 0 Å². The van der Waals surface area contributed by atoms with Crippen LogP contribution in [0.1, 0.15) is 59.8 Å². The molecule has 0 bridgehead atoms. The molecular weight excluding hydrogens is 328 g/mol. The Hall–Kier alpha value is -0.473. The molecule has 142 valence electrons. The van der Waals surface area contributed by atoms with Gasteiger partial charge in [0, 0.05) is 32.3 Å². The van der Waals surface area contributed by atoms with Gasteiger partial charge in [-0.1, -0.05) is 6.92 Å². The molecule has 1 saturated heterocycles. The van der Waals surface area contributed by atoms with Crippen molar-refractivity contribution in [3.8, 4) is 0 Å². The summed E-state index contributed by atoms with van der Waals surface area (Å²) in [5, 5.41) is 7.72. The summed E-state index contributed by atoms with van der Waals surface area (Å²) in [5.74, 6) is 0.0157. The van der Waals surface area contributed by atoms with E-state index in [2.05, 4.69) is 0 Å². The fourth-order valence-corrected chi connectivity index (χ4v) is 5.90. The summed E-state index contributed by atoms with van der Waals surface area (Å²) in [6.45, 7) is 9.66. The average molecular weight is 363 g/mol. The van der Waals surface area contributed by atoms with Crippen molar-refractivity contribution in [2.24, 2.45) is 5.92 Å². The van der Waals surface area contributed by atoms with Crippen LogP contribution in [0.3, 0.4) is 0 Å². The van der Waals surface area contributed by atoms with Crippen LogP contribution in [-0.4, -0.2) is 51.9 Å². The molecule has 0 aromatic rings. The van der Waals surface area contributed by atoms with Gasteiger partial charge in [-0.3, -0.25) is 4.79 Å². The molecule has 2 fully saturated rings. The summed E-state index contributed by atoms with van der Waals surface area (Å²) >= 11 is 0. The van der Waals surface area contributed by atoms with E-state index in [0.717, 1.165) is 18.4 Å². The van der Waals surface area contributed by atoms with Crippen molar-refractivity contribution in [2.75, 3.05) is 19.8 Å².